The lowest BCUT2D eigenvalue weighted by Crippen LogP contribution is -2.42. The summed E-state index contributed by atoms with van der Waals surface area (Å²) >= 11 is 0. The summed E-state index contributed by atoms with van der Waals surface area (Å²) in [5.74, 6) is 0.300. The molecule has 0 radical (unpaired) electrons. The van der Waals surface area contributed by atoms with E-state index in [-0.39, 0.29) is 16.8 Å². The Labute approximate surface area is 177 Å². The summed E-state index contributed by atoms with van der Waals surface area (Å²) in [6, 6.07) is 6.33. The normalized spacial score (nSPS) is 15.7. The highest BCUT2D eigenvalue weighted by Crippen LogP contribution is 2.23. The van der Waals surface area contributed by atoms with E-state index in [1.807, 2.05) is 13.8 Å². The molecule has 3 rings (SSSR count). The van der Waals surface area contributed by atoms with Crippen LogP contribution in [0.4, 0.5) is 11.6 Å². The van der Waals surface area contributed by atoms with E-state index < -0.39 is 10.0 Å². The molecule has 10 heteroatoms. The number of aromatic nitrogens is 3. The largest absolute Gasteiger partial charge is 0.350 e. The van der Waals surface area contributed by atoms with Crippen LogP contribution >= 0.6 is 0 Å². The quantitative estimate of drug-likeness (QED) is 0.689. The van der Waals surface area contributed by atoms with Gasteiger partial charge in [0.1, 0.15) is 0 Å². The lowest BCUT2D eigenvalue weighted by Gasteiger charge is -2.31. The minimum atomic E-state index is -3.57. The second kappa shape index (κ2) is 9.48. The van der Waals surface area contributed by atoms with Gasteiger partial charge in [-0.2, -0.15) is 9.40 Å². The SMILES string of the molecule is CCc1nnc(NC2CCN(S(=O)(=O)c3ccc(NC(C)=O)cc3)CC2)nc1CC. The van der Waals surface area contributed by atoms with Gasteiger partial charge in [0, 0.05) is 31.7 Å². The first-order valence-corrected chi connectivity index (χ1v) is 11.6. The van der Waals surface area contributed by atoms with Gasteiger partial charge in [-0.1, -0.05) is 13.8 Å². The Morgan fingerprint density at radius 3 is 2.27 bits per heavy atom. The van der Waals surface area contributed by atoms with E-state index in [0.29, 0.717) is 37.6 Å². The standard InChI is InChI=1S/C20H28N6O3S/c1-4-18-19(5-2)24-25-20(23-18)22-16-10-12-26(13-11-16)30(28,29)17-8-6-15(7-9-17)21-14(3)27/h6-9,16H,4-5,10-13H2,1-3H3,(H,21,27)(H,22,23,25). The van der Waals surface area contributed by atoms with Crippen LogP contribution in [0.3, 0.4) is 0 Å². The third kappa shape index (κ3) is 5.11. The fourth-order valence-electron chi connectivity index (χ4n) is 3.48. The number of carbonyl (C=O) groups excluding carboxylic acids is 1. The van der Waals surface area contributed by atoms with Crippen LogP contribution in [0.15, 0.2) is 29.2 Å². The maximum Gasteiger partial charge on any atom is 0.243 e. The zero-order chi connectivity index (χ0) is 21.7. The number of piperidine rings is 1. The van der Waals surface area contributed by atoms with E-state index in [2.05, 4.69) is 25.8 Å². The van der Waals surface area contributed by atoms with Gasteiger partial charge in [-0.25, -0.2) is 13.4 Å². The highest BCUT2D eigenvalue weighted by atomic mass is 32.2. The fraction of sp³-hybridized carbons (Fsp3) is 0.500. The number of rotatable bonds is 7. The second-order valence-corrected chi connectivity index (χ2v) is 9.20. The molecule has 2 aromatic rings. The Morgan fingerprint density at radius 2 is 1.70 bits per heavy atom. The van der Waals surface area contributed by atoms with Gasteiger partial charge in [0.15, 0.2) is 0 Å². The number of hydrogen-bond acceptors (Lipinski definition) is 7. The number of carbonyl (C=O) groups is 1. The number of anilines is 2. The molecule has 1 saturated heterocycles. The van der Waals surface area contributed by atoms with Crippen LogP contribution < -0.4 is 10.6 Å². The molecular weight excluding hydrogens is 404 g/mol. The van der Waals surface area contributed by atoms with Crippen molar-refractivity contribution in [3.05, 3.63) is 35.7 Å². The lowest BCUT2D eigenvalue weighted by molar-refractivity contribution is -0.114. The minimum Gasteiger partial charge on any atom is -0.350 e. The summed E-state index contributed by atoms with van der Waals surface area (Å²) < 4.78 is 27.3. The molecule has 1 aromatic carbocycles. The molecule has 1 fully saturated rings. The first-order chi connectivity index (χ1) is 14.3. The number of hydrogen-bond donors (Lipinski definition) is 2. The van der Waals surface area contributed by atoms with Gasteiger partial charge in [-0.3, -0.25) is 4.79 Å². The Balaban J connectivity index is 1.61. The minimum absolute atomic E-state index is 0.0950. The highest BCUT2D eigenvalue weighted by molar-refractivity contribution is 7.89. The Bertz CT molecular complexity index is 986. The number of nitrogens with one attached hydrogen (secondary N) is 2. The van der Waals surface area contributed by atoms with Gasteiger partial charge < -0.3 is 10.6 Å². The third-order valence-electron chi connectivity index (χ3n) is 5.11. The molecule has 2 heterocycles. The van der Waals surface area contributed by atoms with Crippen LogP contribution in [-0.2, 0) is 27.7 Å². The van der Waals surface area contributed by atoms with Crippen molar-refractivity contribution in [3.8, 4) is 0 Å². The molecule has 30 heavy (non-hydrogen) atoms. The van der Waals surface area contributed by atoms with E-state index in [9.17, 15) is 13.2 Å². The molecule has 0 atom stereocenters. The molecule has 1 amide bonds. The van der Waals surface area contributed by atoms with Gasteiger partial charge in [-0.15, -0.1) is 5.10 Å². The van der Waals surface area contributed by atoms with Crippen LogP contribution in [0.25, 0.3) is 0 Å². The second-order valence-electron chi connectivity index (χ2n) is 7.26. The molecule has 0 saturated carbocycles. The maximum atomic E-state index is 12.9. The molecular formula is C20H28N6O3S. The van der Waals surface area contributed by atoms with Crippen molar-refractivity contribution in [3.63, 3.8) is 0 Å². The Kier molecular flexibility index (Phi) is 6.99. The van der Waals surface area contributed by atoms with Crippen molar-refractivity contribution in [2.24, 2.45) is 0 Å². The van der Waals surface area contributed by atoms with Gasteiger partial charge in [0.2, 0.25) is 21.9 Å². The van der Waals surface area contributed by atoms with E-state index >= 15 is 0 Å². The van der Waals surface area contributed by atoms with Crippen LogP contribution in [0, 0.1) is 0 Å². The van der Waals surface area contributed by atoms with Crippen LogP contribution in [0.5, 0.6) is 0 Å². The number of benzene rings is 1. The van der Waals surface area contributed by atoms with E-state index in [1.54, 1.807) is 12.1 Å². The molecule has 2 N–H and O–H groups in total. The van der Waals surface area contributed by atoms with Crippen molar-refractivity contribution in [1.82, 2.24) is 19.5 Å². The zero-order valence-corrected chi connectivity index (χ0v) is 18.4. The molecule has 9 nitrogen and oxygen atoms in total. The highest BCUT2D eigenvalue weighted by Gasteiger charge is 2.29. The van der Waals surface area contributed by atoms with Gasteiger partial charge in [0.25, 0.3) is 0 Å². The van der Waals surface area contributed by atoms with Crippen molar-refractivity contribution in [1.29, 1.82) is 0 Å². The third-order valence-corrected chi connectivity index (χ3v) is 7.02. The van der Waals surface area contributed by atoms with Crippen molar-refractivity contribution in [2.45, 2.75) is 57.4 Å². The first kappa shape index (κ1) is 22.1. The van der Waals surface area contributed by atoms with Gasteiger partial charge in [0.05, 0.1) is 16.3 Å². The molecule has 1 aliphatic rings. The maximum absolute atomic E-state index is 12.9. The summed E-state index contributed by atoms with van der Waals surface area (Å²) in [5, 5.41) is 14.3. The van der Waals surface area contributed by atoms with Crippen LogP contribution in [0.1, 0.15) is 45.0 Å². The summed E-state index contributed by atoms with van der Waals surface area (Å²) in [6.07, 6.45) is 2.91. The molecule has 0 aliphatic carbocycles. The number of nitrogens with zero attached hydrogens (tertiary/aromatic N) is 4. The molecule has 0 spiro atoms. The molecule has 1 aliphatic heterocycles. The topological polar surface area (TPSA) is 117 Å². The molecule has 0 bridgehead atoms. The number of amides is 1. The van der Waals surface area contributed by atoms with E-state index in [1.165, 1.54) is 23.4 Å². The summed E-state index contributed by atoms with van der Waals surface area (Å²) in [7, 11) is -3.57. The van der Waals surface area contributed by atoms with Crippen molar-refractivity contribution in [2.75, 3.05) is 23.7 Å². The average Bonchev–Trinajstić information content (AvgIpc) is 2.74. The van der Waals surface area contributed by atoms with Gasteiger partial charge >= 0.3 is 0 Å². The number of sulfonamides is 1. The van der Waals surface area contributed by atoms with Gasteiger partial charge in [-0.05, 0) is 49.9 Å². The summed E-state index contributed by atoms with van der Waals surface area (Å²) in [5.41, 5.74) is 2.42. The van der Waals surface area contributed by atoms with E-state index in [4.69, 9.17) is 0 Å². The van der Waals surface area contributed by atoms with Crippen molar-refractivity contribution >= 4 is 27.6 Å². The predicted octanol–water partition coefficient (Wildman–Crippen LogP) is 2.22. The Morgan fingerprint density at radius 1 is 1.07 bits per heavy atom. The Hall–Kier alpha value is -2.59. The summed E-state index contributed by atoms with van der Waals surface area (Å²) in [6.45, 7) is 6.30. The van der Waals surface area contributed by atoms with Crippen molar-refractivity contribution < 1.29 is 13.2 Å². The molecule has 1 aromatic heterocycles. The monoisotopic (exact) mass is 432 g/mol. The summed E-state index contributed by atoms with van der Waals surface area (Å²) in [4.78, 5) is 15.9. The average molecular weight is 433 g/mol. The predicted molar refractivity (Wildman–Crippen MR) is 115 cm³/mol. The smallest absolute Gasteiger partial charge is 0.243 e. The first-order valence-electron chi connectivity index (χ1n) is 10.2. The molecule has 0 unspecified atom stereocenters. The molecule has 162 valence electrons. The zero-order valence-electron chi connectivity index (χ0n) is 17.6. The van der Waals surface area contributed by atoms with Crippen LogP contribution in [0.2, 0.25) is 0 Å². The van der Waals surface area contributed by atoms with Crippen LogP contribution in [-0.4, -0.2) is 52.9 Å². The van der Waals surface area contributed by atoms with E-state index in [0.717, 1.165) is 24.2 Å². The number of aryl methyl sites for hydroxylation is 2. The fourth-order valence-corrected chi connectivity index (χ4v) is 4.95. The lowest BCUT2D eigenvalue weighted by atomic mass is 10.1.